The van der Waals surface area contributed by atoms with Crippen molar-refractivity contribution in [2.24, 2.45) is 0 Å². The number of nitrogens with one attached hydrogen (secondary N) is 1. The van der Waals surface area contributed by atoms with Crippen molar-refractivity contribution in [2.75, 3.05) is 0 Å². The molecule has 3 rings (SSSR count). The summed E-state index contributed by atoms with van der Waals surface area (Å²) in [4.78, 5) is 12.7. The highest BCUT2D eigenvalue weighted by Crippen LogP contribution is 2.48. The van der Waals surface area contributed by atoms with Gasteiger partial charge in [0.2, 0.25) is 5.91 Å². The minimum atomic E-state index is -0.293. The predicted molar refractivity (Wildman–Crippen MR) is 85.1 cm³/mol. The second kappa shape index (κ2) is 5.36. The Morgan fingerprint density at radius 1 is 1.05 bits per heavy atom. The van der Waals surface area contributed by atoms with Crippen LogP contribution in [0.25, 0.3) is 0 Å². The molecule has 1 saturated carbocycles. The van der Waals surface area contributed by atoms with Crippen LogP contribution in [-0.4, -0.2) is 5.91 Å². The van der Waals surface area contributed by atoms with Crippen molar-refractivity contribution in [3.63, 3.8) is 0 Å². The summed E-state index contributed by atoms with van der Waals surface area (Å²) in [5.74, 6) is 0.157. The average molecular weight is 279 g/mol. The SMILES string of the molecule is Cc1ccccc1C(C)NC(=O)C1(c2ccccc2)CC1. The zero-order valence-electron chi connectivity index (χ0n) is 12.6. The first-order chi connectivity index (χ1) is 10.1. The number of carbonyl (C=O) groups excluding carboxylic acids is 1. The van der Waals surface area contributed by atoms with Crippen LogP contribution in [0.2, 0.25) is 0 Å². The highest BCUT2D eigenvalue weighted by molar-refractivity contribution is 5.91. The standard InChI is InChI=1S/C19H21NO/c1-14-8-6-7-11-17(14)15(2)20-18(21)19(12-13-19)16-9-4-3-5-10-16/h3-11,15H,12-13H2,1-2H3,(H,20,21). The van der Waals surface area contributed by atoms with Gasteiger partial charge in [-0.05, 0) is 43.4 Å². The normalized spacial score (nSPS) is 17.0. The molecule has 108 valence electrons. The molecule has 0 spiro atoms. The average Bonchev–Trinajstić information content (AvgIpc) is 3.30. The first-order valence-corrected chi connectivity index (χ1v) is 7.55. The molecule has 2 aromatic carbocycles. The van der Waals surface area contributed by atoms with Crippen LogP contribution in [0, 0.1) is 6.92 Å². The fraction of sp³-hybridized carbons (Fsp3) is 0.316. The molecule has 2 heteroatoms. The molecule has 0 bridgehead atoms. The summed E-state index contributed by atoms with van der Waals surface area (Å²) in [5.41, 5.74) is 3.25. The molecule has 0 saturated heterocycles. The van der Waals surface area contributed by atoms with Crippen LogP contribution in [0.5, 0.6) is 0 Å². The molecule has 1 atom stereocenters. The quantitative estimate of drug-likeness (QED) is 0.903. The Morgan fingerprint density at radius 2 is 1.67 bits per heavy atom. The molecule has 0 aromatic heterocycles. The predicted octanol–water partition coefficient (Wildman–Crippen LogP) is 3.90. The van der Waals surface area contributed by atoms with E-state index in [-0.39, 0.29) is 17.4 Å². The van der Waals surface area contributed by atoms with Gasteiger partial charge in [0.05, 0.1) is 11.5 Å². The van der Waals surface area contributed by atoms with Crippen LogP contribution in [-0.2, 0) is 10.2 Å². The fourth-order valence-corrected chi connectivity index (χ4v) is 3.01. The Kier molecular flexibility index (Phi) is 3.54. The van der Waals surface area contributed by atoms with Gasteiger partial charge in [-0.15, -0.1) is 0 Å². The summed E-state index contributed by atoms with van der Waals surface area (Å²) in [6.07, 6.45) is 1.90. The topological polar surface area (TPSA) is 29.1 Å². The minimum absolute atomic E-state index is 0.0416. The lowest BCUT2D eigenvalue weighted by Crippen LogP contribution is -2.36. The molecule has 1 aliphatic rings. The maximum absolute atomic E-state index is 12.7. The van der Waals surface area contributed by atoms with E-state index in [0.29, 0.717) is 0 Å². The molecule has 1 fully saturated rings. The van der Waals surface area contributed by atoms with Gasteiger partial charge in [0.25, 0.3) is 0 Å². The summed E-state index contributed by atoms with van der Waals surface area (Å²) in [5, 5.41) is 3.20. The van der Waals surface area contributed by atoms with E-state index >= 15 is 0 Å². The Hall–Kier alpha value is -2.09. The van der Waals surface area contributed by atoms with E-state index in [4.69, 9.17) is 0 Å². The van der Waals surface area contributed by atoms with E-state index in [1.807, 2.05) is 30.3 Å². The van der Waals surface area contributed by atoms with Gasteiger partial charge >= 0.3 is 0 Å². The first-order valence-electron chi connectivity index (χ1n) is 7.55. The third kappa shape index (κ3) is 2.58. The van der Waals surface area contributed by atoms with Crippen LogP contribution in [0.1, 0.15) is 42.5 Å². The summed E-state index contributed by atoms with van der Waals surface area (Å²) >= 11 is 0. The fourth-order valence-electron chi connectivity index (χ4n) is 3.01. The first kappa shape index (κ1) is 13.9. The van der Waals surface area contributed by atoms with E-state index in [9.17, 15) is 4.79 Å². The summed E-state index contributed by atoms with van der Waals surface area (Å²) in [6.45, 7) is 4.14. The van der Waals surface area contributed by atoms with Crippen molar-refractivity contribution in [1.82, 2.24) is 5.32 Å². The van der Waals surface area contributed by atoms with Gasteiger partial charge in [0.1, 0.15) is 0 Å². The molecule has 1 amide bonds. The Balaban J connectivity index is 1.77. The monoisotopic (exact) mass is 279 g/mol. The second-order valence-corrected chi connectivity index (χ2v) is 6.00. The van der Waals surface area contributed by atoms with Crippen LogP contribution in [0.3, 0.4) is 0 Å². The highest BCUT2D eigenvalue weighted by Gasteiger charge is 2.51. The van der Waals surface area contributed by atoms with E-state index in [1.54, 1.807) is 0 Å². The number of aryl methyl sites for hydroxylation is 1. The molecule has 1 unspecified atom stereocenters. The van der Waals surface area contributed by atoms with Crippen molar-refractivity contribution in [2.45, 2.75) is 38.1 Å². The molecule has 0 radical (unpaired) electrons. The van der Waals surface area contributed by atoms with Gasteiger partial charge in [-0.3, -0.25) is 4.79 Å². The third-order valence-electron chi connectivity index (χ3n) is 4.51. The molecule has 0 aliphatic heterocycles. The van der Waals surface area contributed by atoms with E-state index in [2.05, 4.69) is 43.4 Å². The highest BCUT2D eigenvalue weighted by atomic mass is 16.2. The van der Waals surface area contributed by atoms with Crippen molar-refractivity contribution < 1.29 is 4.79 Å². The van der Waals surface area contributed by atoms with Gasteiger partial charge in [-0.1, -0.05) is 54.6 Å². The molecular formula is C19H21NO. The van der Waals surface area contributed by atoms with Crippen molar-refractivity contribution in [3.8, 4) is 0 Å². The van der Waals surface area contributed by atoms with Crippen LogP contribution < -0.4 is 5.32 Å². The lowest BCUT2D eigenvalue weighted by molar-refractivity contribution is -0.124. The molecule has 1 N–H and O–H groups in total. The molecule has 0 heterocycles. The number of carbonyl (C=O) groups is 1. The van der Waals surface area contributed by atoms with Crippen LogP contribution in [0.4, 0.5) is 0 Å². The van der Waals surface area contributed by atoms with E-state index in [0.717, 1.165) is 18.4 Å². The second-order valence-electron chi connectivity index (χ2n) is 6.00. The van der Waals surface area contributed by atoms with Crippen LogP contribution in [0.15, 0.2) is 54.6 Å². The molecule has 1 aliphatic carbocycles. The van der Waals surface area contributed by atoms with Crippen molar-refractivity contribution in [3.05, 3.63) is 71.3 Å². The molecule has 21 heavy (non-hydrogen) atoms. The summed E-state index contributed by atoms with van der Waals surface area (Å²) < 4.78 is 0. The minimum Gasteiger partial charge on any atom is -0.349 e. The van der Waals surface area contributed by atoms with Crippen LogP contribution >= 0.6 is 0 Å². The smallest absolute Gasteiger partial charge is 0.231 e. The molecular weight excluding hydrogens is 258 g/mol. The zero-order valence-corrected chi connectivity index (χ0v) is 12.6. The van der Waals surface area contributed by atoms with Crippen molar-refractivity contribution >= 4 is 5.91 Å². The third-order valence-corrected chi connectivity index (χ3v) is 4.51. The number of rotatable bonds is 4. The molecule has 2 nitrogen and oxygen atoms in total. The molecule has 2 aromatic rings. The maximum Gasteiger partial charge on any atom is 0.231 e. The van der Waals surface area contributed by atoms with Gasteiger partial charge < -0.3 is 5.32 Å². The largest absolute Gasteiger partial charge is 0.349 e. The maximum atomic E-state index is 12.7. The number of hydrogen-bond donors (Lipinski definition) is 1. The van der Waals surface area contributed by atoms with E-state index < -0.39 is 0 Å². The lowest BCUT2D eigenvalue weighted by Gasteiger charge is -2.21. The van der Waals surface area contributed by atoms with Gasteiger partial charge in [-0.2, -0.15) is 0 Å². The Labute approximate surface area is 126 Å². The lowest BCUT2D eigenvalue weighted by atomic mass is 9.94. The van der Waals surface area contributed by atoms with E-state index in [1.165, 1.54) is 11.1 Å². The van der Waals surface area contributed by atoms with Gasteiger partial charge in [0.15, 0.2) is 0 Å². The number of amides is 1. The Morgan fingerprint density at radius 3 is 2.29 bits per heavy atom. The zero-order chi connectivity index (χ0) is 14.9. The van der Waals surface area contributed by atoms with Crippen molar-refractivity contribution in [1.29, 1.82) is 0 Å². The summed E-state index contributed by atoms with van der Waals surface area (Å²) in [7, 11) is 0. The number of benzene rings is 2. The van der Waals surface area contributed by atoms with Gasteiger partial charge in [0, 0.05) is 0 Å². The van der Waals surface area contributed by atoms with Gasteiger partial charge in [-0.25, -0.2) is 0 Å². The summed E-state index contributed by atoms with van der Waals surface area (Å²) in [6, 6.07) is 18.4. The number of hydrogen-bond acceptors (Lipinski definition) is 1. The Bertz CT molecular complexity index is 644.